The Morgan fingerprint density at radius 3 is 2.47 bits per heavy atom. The number of benzene rings is 3. The third kappa shape index (κ3) is 3.44. The van der Waals surface area contributed by atoms with Crippen LogP contribution in [0, 0.1) is 6.92 Å². The van der Waals surface area contributed by atoms with Crippen molar-refractivity contribution in [3.63, 3.8) is 0 Å². The summed E-state index contributed by atoms with van der Waals surface area (Å²) >= 11 is 0.983. The fourth-order valence-corrected chi connectivity index (χ4v) is 3.87. The van der Waals surface area contributed by atoms with Crippen LogP contribution in [0.15, 0.2) is 70.9 Å². The van der Waals surface area contributed by atoms with Gasteiger partial charge in [-0.3, -0.25) is 9.59 Å². The number of hydrogen-bond acceptors (Lipinski definition) is 7. The molecule has 0 aliphatic heterocycles. The van der Waals surface area contributed by atoms with Gasteiger partial charge < -0.3 is 10.8 Å². The zero-order valence-corrected chi connectivity index (χ0v) is 16.7. The lowest BCUT2D eigenvalue weighted by Gasteiger charge is -2.10. The van der Waals surface area contributed by atoms with Crippen LogP contribution in [0.4, 0.5) is 10.7 Å². The highest BCUT2D eigenvalue weighted by atomic mass is 32.1. The van der Waals surface area contributed by atoms with Crippen LogP contribution < -0.4 is 5.73 Å². The minimum atomic E-state index is -0.655. The van der Waals surface area contributed by atoms with E-state index in [-0.39, 0.29) is 33.3 Å². The van der Waals surface area contributed by atoms with E-state index in [2.05, 4.69) is 14.6 Å². The minimum absolute atomic E-state index is 0.115. The number of ketones is 1. The first-order valence-corrected chi connectivity index (χ1v) is 9.77. The molecule has 0 atom stereocenters. The highest BCUT2D eigenvalue weighted by Gasteiger charge is 2.20. The number of aryl methyl sites for hydroxylation is 1. The lowest BCUT2D eigenvalue weighted by atomic mass is 9.97. The number of azo groups is 1. The van der Waals surface area contributed by atoms with Crippen molar-refractivity contribution in [1.82, 2.24) is 4.37 Å². The van der Waals surface area contributed by atoms with Gasteiger partial charge in [-0.05, 0) is 29.9 Å². The Morgan fingerprint density at radius 1 is 1.03 bits per heavy atom. The third-order valence-electron chi connectivity index (χ3n) is 4.61. The van der Waals surface area contributed by atoms with E-state index in [0.29, 0.717) is 16.6 Å². The smallest absolute Gasteiger partial charge is 0.253 e. The first kappa shape index (κ1) is 19.4. The topological polar surface area (TPSA) is 118 Å². The number of primary amides is 1. The number of fused-ring (bicyclic) bond motifs is 1. The average molecular weight is 416 g/mol. The Hall–Kier alpha value is -3.91. The standard InChI is InChI=1S/C22H16N4O3S/c1-12-17(21(23)29)22(30-26-12)25-24-18-15-10-6-5-9-14(15)11-16(20(18)28)19(27)13-7-3-2-4-8-13/h2-11,28H,1H3,(H2,23,29). The molecule has 0 saturated carbocycles. The summed E-state index contributed by atoms with van der Waals surface area (Å²) in [4.78, 5) is 24.7. The molecule has 0 saturated heterocycles. The van der Waals surface area contributed by atoms with Crippen molar-refractivity contribution in [2.75, 3.05) is 0 Å². The van der Waals surface area contributed by atoms with Crippen molar-refractivity contribution < 1.29 is 14.7 Å². The lowest BCUT2D eigenvalue weighted by molar-refractivity contribution is 0.0998. The number of rotatable bonds is 5. The zero-order chi connectivity index (χ0) is 21.3. The Bertz CT molecular complexity index is 1310. The van der Waals surface area contributed by atoms with Crippen molar-refractivity contribution in [3.8, 4) is 5.75 Å². The number of carbonyl (C=O) groups is 2. The average Bonchev–Trinajstić information content (AvgIpc) is 3.13. The van der Waals surface area contributed by atoms with E-state index in [1.54, 1.807) is 49.4 Å². The largest absolute Gasteiger partial charge is 0.505 e. The SMILES string of the molecule is Cc1nsc(N=Nc2c(O)c(C(=O)c3ccccc3)cc3ccccc23)c1C(N)=O. The maximum atomic E-state index is 13.0. The maximum Gasteiger partial charge on any atom is 0.253 e. The predicted octanol–water partition coefficient (Wildman–Crippen LogP) is 5.06. The van der Waals surface area contributed by atoms with Crippen LogP contribution in [0.25, 0.3) is 10.8 Å². The molecule has 1 aromatic heterocycles. The van der Waals surface area contributed by atoms with E-state index in [4.69, 9.17) is 5.73 Å². The highest BCUT2D eigenvalue weighted by molar-refractivity contribution is 7.10. The number of hydrogen-bond donors (Lipinski definition) is 2. The van der Waals surface area contributed by atoms with Crippen LogP contribution in [-0.2, 0) is 0 Å². The molecule has 4 aromatic rings. The monoisotopic (exact) mass is 416 g/mol. The van der Waals surface area contributed by atoms with E-state index in [9.17, 15) is 14.7 Å². The van der Waals surface area contributed by atoms with Gasteiger partial charge in [0.05, 0.1) is 11.3 Å². The highest BCUT2D eigenvalue weighted by Crippen LogP contribution is 2.41. The number of phenolic OH excluding ortho intramolecular Hbond substituents is 1. The molecular formula is C22H16N4O3S. The van der Waals surface area contributed by atoms with Gasteiger partial charge in [0.25, 0.3) is 5.91 Å². The summed E-state index contributed by atoms with van der Waals surface area (Å²) in [7, 11) is 0. The molecule has 148 valence electrons. The molecule has 1 amide bonds. The molecule has 0 spiro atoms. The third-order valence-corrected chi connectivity index (χ3v) is 5.43. The second-order valence-corrected chi connectivity index (χ2v) is 7.30. The van der Waals surface area contributed by atoms with Crippen LogP contribution in [-0.4, -0.2) is 21.2 Å². The number of carbonyl (C=O) groups excluding carboxylic acids is 2. The predicted molar refractivity (Wildman–Crippen MR) is 115 cm³/mol. The zero-order valence-electron chi connectivity index (χ0n) is 15.9. The summed E-state index contributed by atoms with van der Waals surface area (Å²) in [5, 5.41) is 20.8. The second-order valence-electron chi connectivity index (χ2n) is 6.55. The summed E-state index contributed by atoms with van der Waals surface area (Å²) in [6.45, 7) is 1.65. The molecule has 0 bridgehead atoms. The molecule has 0 radical (unpaired) electrons. The van der Waals surface area contributed by atoms with E-state index in [1.165, 1.54) is 0 Å². The van der Waals surface area contributed by atoms with Crippen LogP contribution >= 0.6 is 11.5 Å². The summed E-state index contributed by atoms with van der Waals surface area (Å²) in [6, 6.07) is 17.5. The molecule has 30 heavy (non-hydrogen) atoms. The lowest BCUT2D eigenvalue weighted by Crippen LogP contribution is -2.11. The Morgan fingerprint density at radius 2 is 1.73 bits per heavy atom. The van der Waals surface area contributed by atoms with Crippen LogP contribution in [0.5, 0.6) is 5.75 Å². The van der Waals surface area contributed by atoms with Gasteiger partial charge in [0.1, 0.15) is 11.3 Å². The van der Waals surface area contributed by atoms with Crippen molar-refractivity contribution in [1.29, 1.82) is 0 Å². The molecule has 0 aliphatic rings. The van der Waals surface area contributed by atoms with E-state index in [0.717, 1.165) is 16.9 Å². The molecule has 0 aliphatic carbocycles. The first-order chi connectivity index (χ1) is 14.5. The molecule has 0 fully saturated rings. The van der Waals surface area contributed by atoms with Crippen LogP contribution in [0.1, 0.15) is 32.0 Å². The van der Waals surface area contributed by atoms with Crippen LogP contribution in [0.2, 0.25) is 0 Å². The van der Waals surface area contributed by atoms with Gasteiger partial charge in [-0.1, -0.05) is 54.6 Å². The van der Waals surface area contributed by atoms with E-state index >= 15 is 0 Å². The Balaban J connectivity index is 1.88. The fraction of sp³-hybridized carbons (Fsp3) is 0.0455. The number of phenols is 1. The number of aromatic nitrogens is 1. The summed E-state index contributed by atoms with van der Waals surface area (Å²) in [5.41, 5.74) is 6.75. The quantitative estimate of drug-likeness (QED) is 0.349. The van der Waals surface area contributed by atoms with Gasteiger partial charge in [-0.25, -0.2) is 0 Å². The summed E-state index contributed by atoms with van der Waals surface area (Å²) < 4.78 is 4.09. The van der Waals surface area contributed by atoms with Crippen LogP contribution in [0.3, 0.4) is 0 Å². The molecule has 3 N–H and O–H groups in total. The summed E-state index contributed by atoms with van der Waals surface area (Å²) in [5.74, 6) is -1.27. The van der Waals surface area contributed by atoms with Gasteiger partial charge >= 0.3 is 0 Å². The molecule has 3 aromatic carbocycles. The molecule has 0 unspecified atom stereocenters. The number of amides is 1. The van der Waals surface area contributed by atoms with E-state index < -0.39 is 5.91 Å². The molecular weight excluding hydrogens is 400 g/mol. The van der Waals surface area contributed by atoms with Crippen molar-refractivity contribution >= 4 is 44.7 Å². The number of nitrogens with zero attached hydrogens (tertiary/aromatic N) is 3. The van der Waals surface area contributed by atoms with Crippen molar-refractivity contribution in [2.24, 2.45) is 16.0 Å². The fourth-order valence-electron chi connectivity index (χ4n) is 3.14. The summed E-state index contributed by atoms with van der Waals surface area (Å²) in [6.07, 6.45) is 0. The van der Waals surface area contributed by atoms with Gasteiger partial charge in [0.2, 0.25) is 0 Å². The Labute approximate surface area is 175 Å². The Kier molecular flexibility index (Phi) is 5.07. The maximum absolute atomic E-state index is 13.0. The molecule has 1 heterocycles. The molecule has 7 nitrogen and oxygen atoms in total. The van der Waals surface area contributed by atoms with Gasteiger partial charge in [-0.2, -0.15) is 4.37 Å². The van der Waals surface area contributed by atoms with E-state index in [1.807, 2.05) is 18.2 Å². The number of aromatic hydroxyl groups is 1. The van der Waals surface area contributed by atoms with Crippen molar-refractivity contribution in [3.05, 3.63) is 83.0 Å². The first-order valence-electron chi connectivity index (χ1n) is 8.99. The van der Waals surface area contributed by atoms with Gasteiger partial charge in [0.15, 0.2) is 16.5 Å². The second kappa shape index (κ2) is 7.84. The minimum Gasteiger partial charge on any atom is -0.505 e. The normalized spacial score (nSPS) is 11.2. The van der Waals surface area contributed by atoms with Gasteiger partial charge in [-0.15, -0.1) is 10.2 Å². The number of nitrogens with two attached hydrogens (primary N) is 1. The molecule has 8 heteroatoms. The van der Waals surface area contributed by atoms with Crippen molar-refractivity contribution in [2.45, 2.75) is 6.92 Å². The molecule has 4 rings (SSSR count). The van der Waals surface area contributed by atoms with Gasteiger partial charge in [0, 0.05) is 10.9 Å².